The highest BCUT2D eigenvalue weighted by Gasteiger charge is 2.31. The lowest BCUT2D eigenvalue weighted by molar-refractivity contribution is -0.137. The van der Waals surface area contributed by atoms with Crippen molar-refractivity contribution in [2.24, 2.45) is 0 Å². The van der Waals surface area contributed by atoms with Crippen molar-refractivity contribution in [2.75, 3.05) is 11.9 Å². The molecular formula is C11H12ClF3N2. The number of halogens is 4. The van der Waals surface area contributed by atoms with E-state index in [0.717, 1.165) is 18.7 Å². The lowest BCUT2D eigenvalue weighted by Gasteiger charge is -2.10. The van der Waals surface area contributed by atoms with Gasteiger partial charge < -0.3 is 5.32 Å². The third-order valence-electron chi connectivity index (χ3n) is 2.01. The zero-order valence-corrected chi connectivity index (χ0v) is 9.94. The van der Waals surface area contributed by atoms with Crippen LogP contribution in [0.15, 0.2) is 24.4 Å². The fourth-order valence-electron chi connectivity index (χ4n) is 1.16. The number of pyridine rings is 1. The van der Waals surface area contributed by atoms with Gasteiger partial charge in [-0.1, -0.05) is 23.8 Å². The maximum atomic E-state index is 12.3. The molecule has 2 nitrogen and oxygen atoms in total. The molecule has 0 unspecified atom stereocenters. The number of nitrogens with zero attached hydrogens (tertiary/aromatic N) is 1. The standard InChI is InChI=1S/C11H12ClF3N2/c1-2-3-4-5-16-10-9(12)6-8(7-17-10)11(13,14)15/h2-3,6-7H,4-5H2,1H3,(H,16,17)/b3-2+. The molecule has 17 heavy (non-hydrogen) atoms. The molecule has 0 radical (unpaired) electrons. The Hall–Kier alpha value is -1.23. The Bertz CT molecular complexity index is 402. The minimum absolute atomic E-state index is 0.0275. The van der Waals surface area contributed by atoms with Gasteiger partial charge in [0.15, 0.2) is 0 Å². The van der Waals surface area contributed by atoms with Crippen molar-refractivity contribution >= 4 is 17.4 Å². The first-order chi connectivity index (χ1) is 7.95. The average Bonchev–Trinajstić information content (AvgIpc) is 2.24. The summed E-state index contributed by atoms with van der Waals surface area (Å²) in [5, 5.41) is 2.84. The molecule has 0 saturated carbocycles. The Balaban J connectivity index is 2.70. The highest BCUT2D eigenvalue weighted by atomic mass is 35.5. The van der Waals surface area contributed by atoms with Crippen LogP contribution in [0.4, 0.5) is 19.0 Å². The first kappa shape index (κ1) is 13.8. The number of hydrogen-bond donors (Lipinski definition) is 1. The molecule has 1 aromatic heterocycles. The van der Waals surface area contributed by atoms with Gasteiger partial charge in [0, 0.05) is 12.7 Å². The second-order valence-corrected chi connectivity index (χ2v) is 3.74. The van der Waals surface area contributed by atoms with Crippen LogP contribution in [-0.4, -0.2) is 11.5 Å². The normalized spacial score (nSPS) is 12.1. The van der Waals surface area contributed by atoms with Crippen LogP contribution in [0, 0.1) is 0 Å². The molecule has 0 aromatic carbocycles. The summed E-state index contributed by atoms with van der Waals surface area (Å²) in [5.41, 5.74) is -0.846. The summed E-state index contributed by atoms with van der Waals surface area (Å²) in [7, 11) is 0. The number of alkyl halides is 3. The van der Waals surface area contributed by atoms with Crippen LogP contribution in [0.25, 0.3) is 0 Å². The van der Waals surface area contributed by atoms with Gasteiger partial charge in [0.25, 0.3) is 0 Å². The monoisotopic (exact) mass is 264 g/mol. The smallest absolute Gasteiger partial charge is 0.369 e. The van der Waals surface area contributed by atoms with E-state index in [-0.39, 0.29) is 10.8 Å². The second-order valence-electron chi connectivity index (χ2n) is 3.34. The molecule has 1 rings (SSSR count). The van der Waals surface area contributed by atoms with Crippen LogP contribution >= 0.6 is 11.6 Å². The van der Waals surface area contributed by atoms with E-state index in [1.54, 1.807) is 0 Å². The number of rotatable bonds is 4. The zero-order chi connectivity index (χ0) is 12.9. The number of anilines is 1. The summed E-state index contributed by atoms with van der Waals surface area (Å²) >= 11 is 5.71. The van der Waals surface area contributed by atoms with Gasteiger partial charge in [-0.05, 0) is 19.4 Å². The predicted octanol–water partition coefficient (Wildman–Crippen LogP) is 4.13. The van der Waals surface area contributed by atoms with E-state index < -0.39 is 11.7 Å². The molecule has 0 aliphatic heterocycles. The lowest BCUT2D eigenvalue weighted by Crippen LogP contribution is -2.08. The molecule has 1 aromatic rings. The number of hydrogen-bond acceptors (Lipinski definition) is 2. The first-order valence-corrected chi connectivity index (χ1v) is 5.40. The maximum absolute atomic E-state index is 12.3. The van der Waals surface area contributed by atoms with Crippen LogP contribution in [0.5, 0.6) is 0 Å². The van der Waals surface area contributed by atoms with E-state index in [1.807, 2.05) is 19.1 Å². The summed E-state index contributed by atoms with van der Waals surface area (Å²) in [4.78, 5) is 3.66. The van der Waals surface area contributed by atoms with E-state index in [1.165, 1.54) is 0 Å². The average molecular weight is 265 g/mol. The van der Waals surface area contributed by atoms with E-state index in [2.05, 4.69) is 10.3 Å². The number of aromatic nitrogens is 1. The predicted molar refractivity (Wildman–Crippen MR) is 62.2 cm³/mol. The maximum Gasteiger partial charge on any atom is 0.417 e. The van der Waals surface area contributed by atoms with Crippen molar-refractivity contribution in [1.29, 1.82) is 0 Å². The fraction of sp³-hybridized carbons (Fsp3) is 0.364. The lowest BCUT2D eigenvalue weighted by atomic mass is 10.2. The zero-order valence-electron chi connectivity index (χ0n) is 9.18. The van der Waals surface area contributed by atoms with Gasteiger partial charge in [-0.25, -0.2) is 4.98 Å². The molecule has 94 valence electrons. The summed E-state index contributed by atoms with van der Waals surface area (Å²) in [5.74, 6) is 0.268. The van der Waals surface area contributed by atoms with E-state index in [9.17, 15) is 13.2 Å². The summed E-state index contributed by atoms with van der Waals surface area (Å²) in [6.45, 7) is 2.46. The molecule has 6 heteroatoms. The minimum atomic E-state index is -4.42. The van der Waals surface area contributed by atoms with Gasteiger partial charge in [-0.3, -0.25) is 0 Å². The molecular weight excluding hydrogens is 253 g/mol. The third kappa shape index (κ3) is 4.26. The van der Waals surface area contributed by atoms with E-state index in [4.69, 9.17) is 11.6 Å². The van der Waals surface area contributed by atoms with Gasteiger partial charge in [0.2, 0.25) is 0 Å². The molecule has 0 aliphatic carbocycles. The minimum Gasteiger partial charge on any atom is -0.369 e. The Morgan fingerprint density at radius 3 is 2.71 bits per heavy atom. The van der Waals surface area contributed by atoms with Crippen LogP contribution in [0.2, 0.25) is 5.02 Å². The first-order valence-electron chi connectivity index (χ1n) is 5.03. The molecule has 0 atom stereocenters. The number of allylic oxidation sites excluding steroid dienone is 1. The fourth-order valence-corrected chi connectivity index (χ4v) is 1.40. The summed E-state index contributed by atoms with van der Waals surface area (Å²) < 4.78 is 37.0. The largest absolute Gasteiger partial charge is 0.417 e. The van der Waals surface area contributed by atoms with Gasteiger partial charge in [0.1, 0.15) is 5.82 Å². The molecule has 0 amide bonds. The van der Waals surface area contributed by atoms with Crippen molar-refractivity contribution < 1.29 is 13.2 Å². The van der Waals surface area contributed by atoms with Crippen molar-refractivity contribution in [2.45, 2.75) is 19.5 Å². The van der Waals surface area contributed by atoms with Crippen LogP contribution in [0.1, 0.15) is 18.9 Å². The summed E-state index contributed by atoms with van der Waals surface area (Å²) in [6.07, 6.45) is 0.938. The Morgan fingerprint density at radius 1 is 1.47 bits per heavy atom. The molecule has 0 saturated heterocycles. The van der Waals surface area contributed by atoms with E-state index in [0.29, 0.717) is 6.54 Å². The molecule has 0 bridgehead atoms. The highest BCUT2D eigenvalue weighted by molar-refractivity contribution is 6.32. The summed E-state index contributed by atoms with van der Waals surface area (Å²) in [6, 6.07) is 0.868. The Labute approximate surface area is 103 Å². The molecule has 0 fully saturated rings. The molecule has 1 N–H and O–H groups in total. The Morgan fingerprint density at radius 2 is 2.18 bits per heavy atom. The third-order valence-corrected chi connectivity index (χ3v) is 2.30. The van der Waals surface area contributed by atoms with Crippen molar-refractivity contribution in [3.05, 3.63) is 35.0 Å². The molecule has 1 heterocycles. The quantitative estimate of drug-likeness (QED) is 0.653. The van der Waals surface area contributed by atoms with Crippen LogP contribution < -0.4 is 5.32 Å². The SMILES string of the molecule is C/C=C/CCNc1ncc(C(F)(F)F)cc1Cl. The van der Waals surface area contributed by atoms with Gasteiger partial charge >= 0.3 is 6.18 Å². The van der Waals surface area contributed by atoms with Crippen molar-refractivity contribution in [3.63, 3.8) is 0 Å². The highest BCUT2D eigenvalue weighted by Crippen LogP contribution is 2.32. The topological polar surface area (TPSA) is 24.9 Å². The second kappa shape index (κ2) is 5.91. The van der Waals surface area contributed by atoms with Gasteiger partial charge in [-0.2, -0.15) is 13.2 Å². The van der Waals surface area contributed by atoms with Crippen LogP contribution in [-0.2, 0) is 6.18 Å². The molecule has 0 spiro atoms. The molecule has 0 aliphatic rings. The van der Waals surface area contributed by atoms with Crippen molar-refractivity contribution in [3.8, 4) is 0 Å². The van der Waals surface area contributed by atoms with E-state index >= 15 is 0 Å². The van der Waals surface area contributed by atoms with Crippen LogP contribution in [0.3, 0.4) is 0 Å². The van der Waals surface area contributed by atoms with Crippen molar-refractivity contribution in [1.82, 2.24) is 4.98 Å². The van der Waals surface area contributed by atoms with Gasteiger partial charge in [0.05, 0.1) is 10.6 Å². The number of nitrogens with one attached hydrogen (secondary N) is 1. The Kier molecular flexibility index (Phi) is 4.81. The van der Waals surface area contributed by atoms with Gasteiger partial charge in [-0.15, -0.1) is 0 Å².